The van der Waals surface area contributed by atoms with Crippen molar-refractivity contribution in [2.45, 2.75) is 141 Å². The summed E-state index contributed by atoms with van der Waals surface area (Å²) in [6.45, 7) is 9.86. The Hall–Kier alpha value is -3.39. The zero-order chi connectivity index (χ0) is 36.2. The number of fused-ring (bicyclic) bond motifs is 3. The maximum atomic E-state index is 13.8. The smallest absolute Gasteiger partial charge is 0.411 e. The number of rotatable bonds is 24. The number of unbranched alkanes of at least 4 members (excludes halogenated alkanes) is 10. The molecule has 1 N–H and O–H groups in total. The van der Waals surface area contributed by atoms with Gasteiger partial charge in [0.2, 0.25) is 5.91 Å². The van der Waals surface area contributed by atoms with E-state index in [0.29, 0.717) is 38.8 Å². The number of hydrogen-bond donors (Lipinski definition) is 1. The number of carbonyl (C=O) groups is 3. The second kappa shape index (κ2) is 22.4. The number of ether oxygens (including phenoxy) is 2. The number of nitrogens with zero attached hydrogens (tertiary/aromatic N) is 1. The Balaban J connectivity index is 1.51. The first kappa shape index (κ1) is 41.0. The molecule has 1 aliphatic carbocycles. The van der Waals surface area contributed by atoms with Crippen LogP contribution in [0, 0.1) is 0 Å². The normalized spacial score (nSPS) is 13.1. The van der Waals surface area contributed by atoms with Gasteiger partial charge < -0.3 is 14.8 Å². The minimum Gasteiger partial charge on any atom is -0.464 e. The topological polar surface area (TPSA) is 84.9 Å². The molecule has 2 amide bonds. The number of amides is 2. The molecule has 0 unspecified atom stereocenters. The minimum absolute atomic E-state index is 0.0747. The Labute approximate surface area is 303 Å². The van der Waals surface area contributed by atoms with E-state index < -0.39 is 32.2 Å². The third-order valence-electron chi connectivity index (χ3n) is 9.56. The van der Waals surface area contributed by atoms with Crippen LogP contribution in [-0.2, 0) is 19.1 Å². The molecule has 1 atom stereocenters. The van der Waals surface area contributed by atoms with Crippen LogP contribution >= 0.6 is 0 Å². The predicted molar refractivity (Wildman–Crippen MR) is 208 cm³/mol. The highest BCUT2D eigenvalue weighted by molar-refractivity contribution is 6.76. The number of carbonyl (C=O) groups excluding carboxylic acids is 3. The molecule has 0 spiro atoms. The van der Waals surface area contributed by atoms with Gasteiger partial charge in [0.15, 0.2) is 0 Å². The molecule has 0 saturated heterocycles. The maximum Gasteiger partial charge on any atom is 0.411 e. The van der Waals surface area contributed by atoms with E-state index in [2.05, 4.69) is 56.2 Å². The number of methoxy groups -OCH3 is 1. The van der Waals surface area contributed by atoms with Crippen molar-refractivity contribution < 1.29 is 23.9 Å². The summed E-state index contributed by atoms with van der Waals surface area (Å²) in [4.78, 5) is 41.5. The quantitative estimate of drug-likeness (QED) is 0.0509. The minimum atomic E-state index is -1.44. The van der Waals surface area contributed by atoms with Crippen LogP contribution in [0.5, 0.6) is 0 Å². The average Bonchev–Trinajstić information content (AvgIpc) is 3.42. The van der Waals surface area contributed by atoms with Crippen LogP contribution in [0.15, 0.2) is 60.7 Å². The first-order valence-electron chi connectivity index (χ1n) is 19.3. The van der Waals surface area contributed by atoms with E-state index in [1.807, 2.05) is 36.4 Å². The summed E-state index contributed by atoms with van der Waals surface area (Å²) in [6, 6.07) is 15.6. The summed E-state index contributed by atoms with van der Waals surface area (Å²) in [5.41, 5.74) is 4.04. The average molecular weight is 705 g/mol. The number of allylic oxidation sites excluding steroid dienone is 2. The molecule has 0 saturated carbocycles. The van der Waals surface area contributed by atoms with Crippen LogP contribution in [0.25, 0.3) is 11.1 Å². The highest BCUT2D eigenvalue weighted by Crippen LogP contribution is 2.47. The molecule has 1 aliphatic rings. The van der Waals surface area contributed by atoms with Gasteiger partial charge in [0, 0.05) is 21.0 Å². The number of benzene rings is 2. The van der Waals surface area contributed by atoms with E-state index in [0.717, 1.165) is 54.0 Å². The predicted octanol–water partition coefficient (Wildman–Crippen LogP) is 10.6. The standard InChI is InChI=1S/C42H64N2O5Si/c1-6-7-8-9-10-11-12-13-14-15-16-17-18-30-39(45)43-31-24-23-29-38(41(46)49-32-33-50(3,4)5)44(42(47)48-2)40-36-27-21-19-25-34(36)35-26-20-22-28-37(35)40/h12-13,19-22,25-28,38,40H,6-11,14-18,23-24,29-33H2,1-5H3,(H,43,45)/b13-12+/t38-/m0/s1. The van der Waals surface area contributed by atoms with Gasteiger partial charge in [-0.05, 0) is 79.7 Å². The van der Waals surface area contributed by atoms with Gasteiger partial charge in [-0.25, -0.2) is 9.59 Å². The summed E-state index contributed by atoms with van der Waals surface area (Å²) in [5, 5.41) is 3.06. The highest BCUT2D eigenvalue weighted by atomic mass is 28.3. The molecule has 0 heterocycles. The van der Waals surface area contributed by atoms with Gasteiger partial charge >= 0.3 is 12.1 Å². The van der Waals surface area contributed by atoms with Crippen LogP contribution < -0.4 is 5.32 Å². The van der Waals surface area contributed by atoms with E-state index in [9.17, 15) is 14.4 Å². The van der Waals surface area contributed by atoms with Crippen molar-refractivity contribution in [2.24, 2.45) is 0 Å². The fraction of sp³-hybridized carbons (Fsp3) is 0.595. The third kappa shape index (κ3) is 13.7. The van der Waals surface area contributed by atoms with Crippen molar-refractivity contribution in [3.63, 3.8) is 0 Å². The van der Waals surface area contributed by atoms with Crippen LogP contribution in [0.2, 0.25) is 25.7 Å². The van der Waals surface area contributed by atoms with Gasteiger partial charge in [-0.1, -0.05) is 126 Å². The fourth-order valence-electron chi connectivity index (χ4n) is 6.65. The molecule has 2 aromatic rings. The monoisotopic (exact) mass is 704 g/mol. The summed E-state index contributed by atoms with van der Waals surface area (Å²) in [5.74, 6) is -0.330. The van der Waals surface area contributed by atoms with Crippen molar-refractivity contribution in [3.05, 3.63) is 71.8 Å². The lowest BCUT2D eigenvalue weighted by molar-refractivity contribution is -0.150. The van der Waals surface area contributed by atoms with E-state index in [4.69, 9.17) is 9.47 Å². The van der Waals surface area contributed by atoms with E-state index in [-0.39, 0.29) is 5.91 Å². The van der Waals surface area contributed by atoms with Gasteiger partial charge in [-0.2, -0.15) is 0 Å². The summed E-state index contributed by atoms with van der Waals surface area (Å²) < 4.78 is 11.2. The van der Waals surface area contributed by atoms with E-state index >= 15 is 0 Å². The van der Waals surface area contributed by atoms with Crippen molar-refractivity contribution in [1.82, 2.24) is 10.2 Å². The molecule has 8 heteroatoms. The van der Waals surface area contributed by atoms with E-state index in [1.54, 1.807) is 4.90 Å². The third-order valence-corrected chi connectivity index (χ3v) is 11.3. The number of hydrogen-bond acceptors (Lipinski definition) is 5. The molecule has 0 aliphatic heterocycles. The van der Waals surface area contributed by atoms with Crippen molar-refractivity contribution in [1.29, 1.82) is 0 Å². The van der Waals surface area contributed by atoms with Gasteiger partial charge in [0.25, 0.3) is 0 Å². The molecular weight excluding hydrogens is 641 g/mol. The summed E-state index contributed by atoms with van der Waals surface area (Å²) >= 11 is 0. The van der Waals surface area contributed by atoms with E-state index in [1.165, 1.54) is 52.1 Å². The first-order chi connectivity index (χ1) is 24.2. The van der Waals surface area contributed by atoms with Crippen molar-refractivity contribution >= 4 is 26.0 Å². The van der Waals surface area contributed by atoms with Gasteiger partial charge in [-0.3, -0.25) is 9.69 Å². The highest BCUT2D eigenvalue weighted by Gasteiger charge is 2.42. The van der Waals surface area contributed by atoms with Crippen molar-refractivity contribution in [3.8, 4) is 11.1 Å². The largest absolute Gasteiger partial charge is 0.464 e. The lowest BCUT2D eigenvalue weighted by Gasteiger charge is -2.35. The van der Waals surface area contributed by atoms with Crippen molar-refractivity contribution in [2.75, 3.05) is 20.3 Å². The van der Waals surface area contributed by atoms with Crippen LogP contribution in [0.1, 0.15) is 120 Å². The van der Waals surface area contributed by atoms with Crippen LogP contribution in [0.3, 0.4) is 0 Å². The zero-order valence-electron chi connectivity index (χ0n) is 31.6. The van der Waals surface area contributed by atoms with Crippen LogP contribution in [0.4, 0.5) is 4.79 Å². The Morgan fingerprint density at radius 2 is 1.38 bits per heavy atom. The zero-order valence-corrected chi connectivity index (χ0v) is 32.6. The Morgan fingerprint density at radius 3 is 1.96 bits per heavy atom. The fourth-order valence-corrected chi connectivity index (χ4v) is 7.37. The van der Waals surface area contributed by atoms with Gasteiger partial charge in [0.05, 0.1) is 19.8 Å². The molecule has 50 heavy (non-hydrogen) atoms. The summed E-state index contributed by atoms with van der Waals surface area (Å²) in [6.07, 6.45) is 19.6. The Morgan fingerprint density at radius 1 is 0.800 bits per heavy atom. The molecule has 3 rings (SSSR count). The number of esters is 1. The first-order valence-corrected chi connectivity index (χ1v) is 23.0. The SMILES string of the molecule is CCCCCCC/C=C/CCCCCCC(=O)NCCCC[C@@H](C(=O)OCC[Si](C)(C)C)N(C(=O)OC)C1c2ccccc2-c2ccccc21. The maximum absolute atomic E-state index is 13.8. The lowest BCUT2D eigenvalue weighted by Crippen LogP contribution is -2.48. The molecule has 0 bridgehead atoms. The second-order valence-electron chi connectivity index (χ2n) is 14.9. The Kier molecular flexibility index (Phi) is 18.4. The molecule has 7 nitrogen and oxygen atoms in total. The second-order valence-corrected chi connectivity index (χ2v) is 20.5. The molecular formula is C42H64N2O5Si. The Bertz CT molecular complexity index is 1310. The van der Waals surface area contributed by atoms with Gasteiger partial charge in [0.1, 0.15) is 6.04 Å². The lowest BCUT2D eigenvalue weighted by atomic mass is 9.99. The molecule has 276 valence electrons. The molecule has 0 aromatic heterocycles. The summed E-state index contributed by atoms with van der Waals surface area (Å²) in [7, 11) is -0.0747. The van der Waals surface area contributed by atoms with Crippen LogP contribution in [-0.4, -0.2) is 57.2 Å². The number of nitrogens with one attached hydrogen (secondary N) is 1. The molecule has 0 radical (unpaired) electrons. The molecule has 2 aromatic carbocycles. The van der Waals surface area contributed by atoms with Gasteiger partial charge in [-0.15, -0.1) is 0 Å². The molecule has 0 fully saturated rings.